The van der Waals surface area contributed by atoms with Crippen LogP contribution in [-0.2, 0) is 9.53 Å². The Labute approximate surface area is 102 Å². The first kappa shape index (κ1) is 13.0. The quantitative estimate of drug-likeness (QED) is 0.736. The van der Waals surface area contributed by atoms with Crippen LogP contribution in [0.3, 0.4) is 0 Å². The smallest absolute Gasteiger partial charge is 0.313 e. The number of benzene rings is 1. The fraction of sp³-hybridized carbons (Fsp3) is 0.462. The van der Waals surface area contributed by atoms with Gasteiger partial charge in [-0.15, -0.1) is 0 Å². The molecule has 0 aliphatic rings. The molecule has 0 radical (unpaired) electrons. The number of carbonyl (C=O) groups is 1. The zero-order valence-corrected chi connectivity index (χ0v) is 10.8. The number of esters is 1. The fourth-order valence-electron chi connectivity index (χ4n) is 1.28. The minimum Gasteiger partial charge on any atom is -0.460 e. The van der Waals surface area contributed by atoms with Gasteiger partial charge in [0.25, 0.3) is 0 Å². The van der Waals surface area contributed by atoms with E-state index in [1.807, 2.05) is 39.8 Å². The van der Waals surface area contributed by atoms with Crippen molar-refractivity contribution in [1.82, 2.24) is 0 Å². The van der Waals surface area contributed by atoms with Crippen molar-refractivity contribution in [2.24, 2.45) is 0 Å². The van der Waals surface area contributed by atoms with E-state index in [0.29, 0.717) is 5.02 Å². The highest BCUT2D eigenvalue weighted by atomic mass is 35.5. The van der Waals surface area contributed by atoms with E-state index in [-0.39, 0.29) is 11.9 Å². The maximum Gasteiger partial charge on any atom is 0.313 e. The molecule has 0 saturated carbocycles. The summed E-state index contributed by atoms with van der Waals surface area (Å²) in [4.78, 5) is 11.8. The minimum atomic E-state index is -0.447. The number of hydrogen-bond acceptors (Lipinski definition) is 2. The SMILES string of the molecule is CC(C(=O)OC(C)(C)C)c1ccc(Cl)cc1. The predicted molar refractivity (Wildman–Crippen MR) is 65.7 cm³/mol. The van der Waals surface area contributed by atoms with E-state index >= 15 is 0 Å². The molecule has 1 atom stereocenters. The lowest BCUT2D eigenvalue weighted by atomic mass is 10.0. The Morgan fingerprint density at radius 3 is 2.19 bits per heavy atom. The van der Waals surface area contributed by atoms with Crippen molar-refractivity contribution < 1.29 is 9.53 Å². The van der Waals surface area contributed by atoms with Crippen LogP contribution in [0.15, 0.2) is 24.3 Å². The Bertz CT molecular complexity index is 363. The van der Waals surface area contributed by atoms with Crippen LogP contribution in [0.25, 0.3) is 0 Å². The van der Waals surface area contributed by atoms with Gasteiger partial charge in [-0.3, -0.25) is 4.79 Å². The van der Waals surface area contributed by atoms with Crippen LogP contribution < -0.4 is 0 Å². The van der Waals surface area contributed by atoms with Crippen LogP contribution in [0.5, 0.6) is 0 Å². The molecule has 1 aromatic carbocycles. The normalized spacial score (nSPS) is 13.3. The highest BCUT2D eigenvalue weighted by Crippen LogP contribution is 2.21. The van der Waals surface area contributed by atoms with Gasteiger partial charge >= 0.3 is 5.97 Å². The zero-order chi connectivity index (χ0) is 12.3. The maximum absolute atomic E-state index is 11.8. The maximum atomic E-state index is 11.8. The highest BCUT2D eigenvalue weighted by molar-refractivity contribution is 6.30. The number of carbonyl (C=O) groups excluding carboxylic acids is 1. The Morgan fingerprint density at radius 1 is 1.25 bits per heavy atom. The third-order valence-corrected chi connectivity index (χ3v) is 2.38. The molecule has 0 spiro atoms. The molecule has 2 nitrogen and oxygen atoms in total. The molecule has 0 saturated heterocycles. The first-order valence-electron chi connectivity index (χ1n) is 5.28. The monoisotopic (exact) mass is 240 g/mol. The molecule has 16 heavy (non-hydrogen) atoms. The van der Waals surface area contributed by atoms with Gasteiger partial charge in [-0.1, -0.05) is 23.7 Å². The summed E-state index contributed by atoms with van der Waals surface area (Å²) in [6.07, 6.45) is 0. The summed E-state index contributed by atoms with van der Waals surface area (Å²) in [5, 5.41) is 0.667. The van der Waals surface area contributed by atoms with E-state index in [2.05, 4.69) is 0 Å². The summed E-state index contributed by atoms with van der Waals surface area (Å²) in [6.45, 7) is 7.41. The van der Waals surface area contributed by atoms with Crippen molar-refractivity contribution in [3.8, 4) is 0 Å². The first-order valence-corrected chi connectivity index (χ1v) is 5.66. The second kappa shape index (κ2) is 4.88. The summed E-state index contributed by atoms with van der Waals surface area (Å²) in [7, 11) is 0. The van der Waals surface area contributed by atoms with Crippen LogP contribution in [0.1, 0.15) is 39.2 Å². The van der Waals surface area contributed by atoms with Crippen molar-refractivity contribution in [1.29, 1.82) is 0 Å². The Balaban J connectivity index is 2.74. The predicted octanol–water partition coefficient (Wildman–Crippen LogP) is 3.79. The topological polar surface area (TPSA) is 26.3 Å². The molecule has 3 heteroatoms. The lowest BCUT2D eigenvalue weighted by Gasteiger charge is -2.22. The molecule has 0 amide bonds. The van der Waals surface area contributed by atoms with Crippen LogP contribution in [0.4, 0.5) is 0 Å². The molecular weight excluding hydrogens is 224 g/mol. The van der Waals surface area contributed by atoms with Crippen LogP contribution >= 0.6 is 11.6 Å². The molecule has 88 valence electrons. The van der Waals surface area contributed by atoms with Gasteiger partial charge in [0.2, 0.25) is 0 Å². The van der Waals surface area contributed by atoms with Crippen molar-refractivity contribution in [2.45, 2.75) is 39.2 Å². The summed E-state index contributed by atoms with van der Waals surface area (Å²) in [5.41, 5.74) is 0.469. The van der Waals surface area contributed by atoms with Crippen molar-refractivity contribution in [2.75, 3.05) is 0 Å². The second-order valence-corrected chi connectivity index (χ2v) is 5.24. The van der Waals surface area contributed by atoms with Crippen molar-refractivity contribution >= 4 is 17.6 Å². The number of halogens is 1. The van der Waals surface area contributed by atoms with Crippen LogP contribution in [0.2, 0.25) is 5.02 Å². The Kier molecular flexibility index (Phi) is 3.98. The fourth-order valence-corrected chi connectivity index (χ4v) is 1.40. The summed E-state index contributed by atoms with van der Waals surface area (Å²) >= 11 is 5.79. The lowest BCUT2D eigenvalue weighted by Crippen LogP contribution is -2.26. The van der Waals surface area contributed by atoms with Crippen molar-refractivity contribution in [3.63, 3.8) is 0 Å². The van der Waals surface area contributed by atoms with Gasteiger partial charge in [-0.05, 0) is 45.4 Å². The van der Waals surface area contributed by atoms with Crippen LogP contribution in [-0.4, -0.2) is 11.6 Å². The average Bonchev–Trinajstić information content (AvgIpc) is 2.15. The van der Waals surface area contributed by atoms with Gasteiger partial charge in [0.1, 0.15) is 5.60 Å². The first-order chi connectivity index (χ1) is 7.29. The largest absolute Gasteiger partial charge is 0.460 e. The average molecular weight is 241 g/mol. The molecule has 0 aromatic heterocycles. The van der Waals surface area contributed by atoms with Gasteiger partial charge in [0, 0.05) is 5.02 Å². The molecule has 0 heterocycles. The molecule has 0 aliphatic heterocycles. The van der Waals surface area contributed by atoms with Crippen LogP contribution in [0, 0.1) is 0 Å². The molecule has 1 rings (SSSR count). The molecule has 0 aliphatic carbocycles. The van der Waals surface area contributed by atoms with Gasteiger partial charge in [0.05, 0.1) is 5.92 Å². The van der Waals surface area contributed by atoms with E-state index in [0.717, 1.165) is 5.56 Å². The molecule has 0 fully saturated rings. The van der Waals surface area contributed by atoms with E-state index in [1.54, 1.807) is 12.1 Å². The number of ether oxygens (including phenoxy) is 1. The van der Waals surface area contributed by atoms with E-state index < -0.39 is 5.60 Å². The van der Waals surface area contributed by atoms with E-state index in [9.17, 15) is 4.79 Å². The van der Waals surface area contributed by atoms with Gasteiger partial charge in [0.15, 0.2) is 0 Å². The minimum absolute atomic E-state index is 0.213. The molecule has 0 bridgehead atoms. The number of hydrogen-bond donors (Lipinski definition) is 0. The molecule has 0 N–H and O–H groups in total. The Morgan fingerprint density at radius 2 is 1.75 bits per heavy atom. The van der Waals surface area contributed by atoms with Gasteiger partial charge in [-0.2, -0.15) is 0 Å². The lowest BCUT2D eigenvalue weighted by molar-refractivity contribution is -0.156. The second-order valence-electron chi connectivity index (χ2n) is 4.81. The third kappa shape index (κ3) is 3.86. The highest BCUT2D eigenvalue weighted by Gasteiger charge is 2.22. The third-order valence-electron chi connectivity index (χ3n) is 2.13. The molecular formula is C13H17ClO2. The molecule has 1 unspecified atom stereocenters. The van der Waals surface area contributed by atoms with E-state index in [1.165, 1.54) is 0 Å². The standard InChI is InChI=1S/C13H17ClO2/c1-9(12(15)16-13(2,3)4)10-5-7-11(14)8-6-10/h5-9H,1-4H3. The Hall–Kier alpha value is -1.02. The van der Waals surface area contributed by atoms with Crippen molar-refractivity contribution in [3.05, 3.63) is 34.9 Å². The van der Waals surface area contributed by atoms with Gasteiger partial charge < -0.3 is 4.74 Å². The summed E-state index contributed by atoms with van der Waals surface area (Å²) < 4.78 is 5.31. The summed E-state index contributed by atoms with van der Waals surface area (Å²) in [5.74, 6) is -0.480. The van der Waals surface area contributed by atoms with E-state index in [4.69, 9.17) is 16.3 Å². The molecule has 1 aromatic rings. The number of rotatable bonds is 2. The zero-order valence-electron chi connectivity index (χ0n) is 10.1. The van der Waals surface area contributed by atoms with Gasteiger partial charge in [-0.25, -0.2) is 0 Å². The summed E-state index contributed by atoms with van der Waals surface area (Å²) in [6, 6.07) is 7.24.